The summed E-state index contributed by atoms with van der Waals surface area (Å²) in [7, 11) is 0. The maximum absolute atomic E-state index is 13.6. The third-order valence-corrected chi connectivity index (χ3v) is 2.69. The maximum atomic E-state index is 13.6. The summed E-state index contributed by atoms with van der Waals surface area (Å²) in [5.41, 5.74) is 2.77. The number of nitrogens with zero attached hydrogens (tertiary/aromatic N) is 1. The van der Waals surface area contributed by atoms with Crippen molar-refractivity contribution in [3.8, 4) is 11.1 Å². The summed E-state index contributed by atoms with van der Waals surface area (Å²) < 4.78 is 13.6. The third-order valence-electron chi connectivity index (χ3n) is 2.69. The first-order chi connectivity index (χ1) is 8.26. The van der Waals surface area contributed by atoms with Gasteiger partial charge in [0.05, 0.1) is 6.20 Å². The monoisotopic (exact) mass is 229 g/mol. The number of hydrogen-bond acceptors (Lipinski definition) is 2. The highest BCUT2D eigenvalue weighted by atomic mass is 19.1. The molecule has 1 heterocycles. The van der Waals surface area contributed by atoms with Crippen LogP contribution < -0.4 is 0 Å². The van der Waals surface area contributed by atoms with Gasteiger partial charge in [0.25, 0.3) is 0 Å². The summed E-state index contributed by atoms with van der Waals surface area (Å²) in [6.45, 7) is 1.89. The molecule has 0 atom stereocenters. The summed E-state index contributed by atoms with van der Waals surface area (Å²) >= 11 is 0. The Morgan fingerprint density at radius 2 is 2.18 bits per heavy atom. The molecule has 0 aliphatic carbocycles. The topological polar surface area (TPSA) is 30.0 Å². The normalized spacial score (nSPS) is 10.2. The first kappa shape index (κ1) is 11.5. The van der Waals surface area contributed by atoms with Crippen molar-refractivity contribution in [2.75, 3.05) is 0 Å². The van der Waals surface area contributed by atoms with Crippen LogP contribution in [0.5, 0.6) is 0 Å². The quantitative estimate of drug-likeness (QED) is 0.756. The summed E-state index contributed by atoms with van der Waals surface area (Å²) in [6.07, 6.45) is 4.22. The van der Waals surface area contributed by atoms with Crippen molar-refractivity contribution >= 4 is 6.29 Å². The number of benzene rings is 1. The summed E-state index contributed by atoms with van der Waals surface area (Å²) in [4.78, 5) is 14.6. The van der Waals surface area contributed by atoms with E-state index >= 15 is 0 Å². The number of aromatic nitrogens is 1. The van der Waals surface area contributed by atoms with E-state index in [1.807, 2.05) is 13.0 Å². The molecule has 0 spiro atoms. The zero-order valence-electron chi connectivity index (χ0n) is 9.48. The van der Waals surface area contributed by atoms with Crippen molar-refractivity contribution in [1.82, 2.24) is 4.98 Å². The SMILES string of the molecule is CCc1c(F)cncc1-c1cccc(C=O)c1. The number of hydrogen-bond donors (Lipinski definition) is 0. The second kappa shape index (κ2) is 4.87. The molecule has 0 bridgehead atoms. The van der Waals surface area contributed by atoms with Crippen molar-refractivity contribution in [2.45, 2.75) is 13.3 Å². The smallest absolute Gasteiger partial charge is 0.150 e. The molecule has 0 saturated heterocycles. The molecule has 2 nitrogen and oxygen atoms in total. The van der Waals surface area contributed by atoms with E-state index in [0.29, 0.717) is 17.5 Å². The molecule has 0 amide bonds. The van der Waals surface area contributed by atoms with Crippen LogP contribution in [-0.2, 0) is 6.42 Å². The van der Waals surface area contributed by atoms with Crippen LogP contribution in [0, 0.1) is 5.82 Å². The van der Waals surface area contributed by atoms with Crippen LogP contribution in [0.4, 0.5) is 4.39 Å². The number of carbonyl (C=O) groups excluding carboxylic acids is 1. The second-order valence-corrected chi connectivity index (χ2v) is 3.74. The molecule has 0 radical (unpaired) electrons. The lowest BCUT2D eigenvalue weighted by Crippen LogP contribution is -1.95. The zero-order valence-corrected chi connectivity index (χ0v) is 9.48. The molecule has 0 saturated carbocycles. The Hall–Kier alpha value is -2.03. The number of aldehydes is 1. The molecule has 0 fully saturated rings. The van der Waals surface area contributed by atoms with Crippen LogP contribution in [0.2, 0.25) is 0 Å². The second-order valence-electron chi connectivity index (χ2n) is 3.74. The fourth-order valence-electron chi connectivity index (χ4n) is 1.85. The predicted octanol–water partition coefficient (Wildman–Crippen LogP) is 3.26. The van der Waals surface area contributed by atoms with E-state index in [2.05, 4.69) is 4.98 Å². The average molecular weight is 229 g/mol. The fraction of sp³-hybridized carbons (Fsp3) is 0.143. The minimum absolute atomic E-state index is 0.304. The van der Waals surface area contributed by atoms with E-state index in [9.17, 15) is 9.18 Å². The Labute approximate surface area is 99.1 Å². The Balaban J connectivity index is 2.59. The van der Waals surface area contributed by atoms with Gasteiger partial charge in [0.15, 0.2) is 0 Å². The van der Waals surface area contributed by atoms with Gasteiger partial charge in [0.1, 0.15) is 12.1 Å². The van der Waals surface area contributed by atoms with Gasteiger partial charge in [-0.1, -0.05) is 25.1 Å². The summed E-state index contributed by atoms with van der Waals surface area (Å²) in [5.74, 6) is -0.304. The van der Waals surface area contributed by atoms with Crippen molar-refractivity contribution in [3.05, 3.63) is 53.6 Å². The summed E-state index contributed by atoms with van der Waals surface area (Å²) in [5, 5.41) is 0. The fourth-order valence-corrected chi connectivity index (χ4v) is 1.85. The molecular formula is C14H12FNO. The lowest BCUT2D eigenvalue weighted by Gasteiger charge is -2.08. The standard InChI is InChI=1S/C14H12FNO/c1-2-12-13(7-16-8-14(12)15)11-5-3-4-10(6-11)9-17/h3-9H,2H2,1H3. The lowest BCUT2D eigenvalue weighted by molar-refractivity contribution is 0.112. The van der Waals surface area contributed by atoms with Crippen molar-refractivity contribution in [3.63, 3.8) is 0 Å². The lowest BCUT2D eigenvalue weighted by atomic mass is 9.99. The minimum Gasteiger partial charge on any atom is -0.298 e. The van der Waals surface area contributed by atoms with Gasteiger partial charge < -0.3 is 0 Å². The molecule has 0 N–H and O–H groups in total. The van der Waals surface area contributed by atoms with Crippen LogP contribution in [0.3, 0.4) is 0 Å². The number of halogens is 1. The summed E-state index contributed by atoms with van der Waals surface area (Å²) in [6, 6.07) is 7.09. The van der Waals surface area contributed by atoms with Gasteiger partial charge >= 0.3 is 0 Å². The van der Waals surface area contributed by atoms with E-state index in [1.165, 1.54) is 6.20 Å². The van der Waals surface area contributed by atoms with Gasteiger partial charge in [-0.2, -0.15) is 0 Å². The van der Waals surface area contributed by atoms with Gasteiger partial charge in [-0.05, 0) is 23.6 Å². The van der Waals surface area contributed by atoms with Gasteiger partial charge in [-0.25, -0.2) is 4.39 Å². The predicted molar refractivity (Wildman–Crippen MR) is 64.4 cm³/mol. The number of pyridine rings is 1. The highest BCUT2D eigenvalue weighted by molar-refractivity contribution is 5.79. The van der Waals surface area contributed by atoms with Crippen LogP contribution in [-0.4, -0.2) is 11.3 Å². The van der Waals surface area contributed by atoms with Crippen molar-refractivity contribution in [2.24, 2.45) is 0 Å². The van der Waals surface area contributed by atoms with E-state index in [-0.39, 0.29) is 5.82 Å². The molecular weight excluding hydrogens is 217 g/mol. The maximum Gasteiger partial charge on any atom is 0.150 e. The van der Waals surface area contributed by atoms with Crippen molar-refractivity contribution in [1.29, 1.82) is 0 Å². The van der Waals surface area contributed by atoms with Crippen LogP contribution in [0.1, 0.15) is 22.8 Å². The van der Waals surface area contributed by atoms with Crippen LogP contribution >= 0.6 is 0 Å². The highest BCUT2D eigenvalue weighted by Gasteiger charge is 2.09. The van der Waals surface area contributed by atoms with Gasteiger partial charge in [0, 0.05) is 17.3 Å². The largest absolute Gasteiger partial charge is 0.298 e. The molecule has 86 valence electrons. The molecule has 0 aliphatic rings. The van der Waals surface area contributed by atoms with Gasteiger partial charge in [0.2, 0.25) is 0 Å². The zero-order chi connectivity index (χ0) is 12.3. The minimum atomic E-state index is -0.304. The number of carbonyl (C=O) groups is 1. The molecule has 2 aromatic rings. The Morgan fingerprint density at radius 1 is 1.35 bits per heavy atom. The van der Waals surface area contributed by atoms with Gasteiger partial charge in [-0.3, -0.25) is 9.78 Å². The number of rotatable bonds is 3. The van der Waals surface area contributed by atoms with E-state index in [0.717, 1.165) is 17.4 Å². The molecule has 0 aliphatic heterocycles. The molecule has 17 heavy (non-hydrogen) atoms. The first-order valence-corrected chi connectivity index (χ1v) is 5.44. The Bertz CT molecular complexity index is 552. The van der Waals surface area contributed by atoms with Gasteiger partial charge in [-0.15, -0.1) is 0 Å². The molecule has 2 rings (SSSR count). The molecule has 1 aromatic carbocycles. The van der Waals surface area contributed by atoms with Crippen LogP contribution in [0.25, 0.3) is 11.1 Å². The molecule has 3 heteroatoms. The molecule has 1 aromatic heterocycles. The molecule has 0 unspecified atom stereocenters. The van der Waals surface area contributed by atoms with Crippen molar-refractivity contribution < 1.29 is 9.18 Å². The highest BCUT2D eigenvalue weighted by Crippen LogP contribution is 2.25. The van der Waals surface area contributed by atoms with E-state index < -0.39 is 0 Å². The third kappa shape index (κ3) is 2.23. The van der Waals surface area contributed by atoms with E-state index in [1.54, 1.807) is 24.4 Å². The first-order valence-electron chi connectivity index (χ1n) is 5.44. The average Bonchev–Trinajstić information content (AvgIpc) is 2.38. The van der Waals surface area contributed by atoms with E-state index in [4.69, 9.17) is 0 Å². The van der Waals surface area contributed by atoms with Crippen LogP contribution in [0.15, 0.2) is 36.7 Å². The Kier molecular flexibility index (Phi) is 3.28. The Morgan fingerprint density at radius 3 is 2.88 bits per heavy atom.